The van der Waals surface area contributed by atoms with Crippen molar-refractivity contribution < 1.29 is 9.84 Å². The molecule has 3 N–H and O–H groups in total. The van der Waals surface area contributed by atoms with Gasteiger partial charge in [0.1, 0.15) is 6.10 Å². The molecule has 0 aliphatic rings. The zero-order valence-electron chi connectivity index (χ0n) is 10.2. The lowest BCUT2D eigenvalue weighted by Crippen LogP contribution is -2.05. The van der Waals surface area contributed by atoms with Crippen LogP contribution < -0.4 is 5.73 Å². The lowest BCUT2D eigenvalue weighted by atomic mass is 10.00. The Hall–Kier alpha value is -1.91. The lowest BCUT2D eigenvalue weighted by Gasteiger charge is -2.14. The van der Waals surface area contributed by atoms with E-state index in [1.807, 2.05) is 24.3 Å². The first-order valence-electron chi connectivity index (χ1n) is 5.67. The summed E-state index contributed by atoms with van der Waals surface area (Å²) in [6.45, 7) is 0.517. The van der Waals surface area contributed by atoms with E-state index in [-0.39, 0.29) is 0 Å². The van der Waals surface area contributed by atoms with E-state index >= 15 is 0 Å². The van der Waals surface area contributed by atoms with Gasteiger partial charge in [0.15, 0.2) is 0 Å². The first-order valence-corrected chi connectivity index (χ1v) is 5.67. The zero-order valence-corrected chi connectivity index (χ0v) is 10.2. The fourth-order valence-electron chi connectivity index (χ4n) is 1.85. The van der Waals surface area contributed by atoms with Crippen LogP contribution in [0.3, 0.4) is 0 Å². The van der Waals surface area contributed by atoms with Crippen LogP contribution in [0.1, 0.15) is 22.8 Å². The molecular weight excluding hydrogens is 228 g/mol. The van der Waals surface area contributed by atoms with Crippen molar-refractivity contribution in [2.75, 3.05) is 12.8 Å². The number of nitrogen functional groups attached to an aromatic ring is 1. The molecule has 1 aromatic heterocycles. The standard InChI is InChI=1S/C14H16N2O2/c1-18-9-10-3-2-4-11(7-10)14(17)12-8-16-6-5-13(12)15/h2-8,14,17H,9H2,1H3,(H2,15,16). The molecule has 0 bridgehead atoms. The lowest BCUT2D eigenvalue weighted by molar-refractivity contribution is 0.184. The van der Waals surface area contributed by atoms with Crippen molar-refractivity contribution in [3.05, 3.63) is 59.4 Å². The molecule has 0 radical (unpaired) electrons. The number of methoxy groups -OCH3 is 1. The summed E-state index contributed by atoms with van der Waals surface area (Å²) >= 11 is 0. The molecule has 0 aliphatic heterocycles. The summed E-state index contributed by atoms with van der Waals surface area (Å²) in [7, 11) is 1.64. The van der Waals surface area contributed by atoms with E-state index in [1.165, 1.54) is 0 Å². The molecule has 4 nitrogen and oxygen atoms in total. The van der Waals surface area contributed by atoms with Gasteiger partial charge in [0, 0.05) is 30.8 Å². The van der Waals surface area contributed by atoms with Gasteiger partial charge < -0.3 is 15.6 Å². The van der Waals surface area contributed by atoms with Gasteiger partial charge in [-0.3, -0.25) is 4.98 Å². The average Bonchev–Trinajstić information content (AvgIpc) is 2.39. The first-order chi connectivity index (χ1) is 8.72. The molecule has 1 unspecified atom stereocenters. The molecule has 1 atom stereocenters. The van der Waals surface area contributed by atoms with Crippen molar-refractivity contribution in [1.29, 1.82) is 0 Å². The molecular formula is C14H16N2O2. The van der Waals surface area contributed by atoms with Gasteiger partial charge in [-0.1, -0.05) is 24.3 Å². The average molecular weight is 244 g/mol. The number of hydrogen-bond donors (Lipinski definition) is 2. The molecule has 0 fully saturated rings. The monoisotopic (exact) mass is 244 g/mol. The zero-order chi connectivity index (χ0) is 13.0. The Bertz CT molecular complexity index is 529. The van der Waals surface area contributed by atoms with Crippen LogP contribution in [0.5, 0.6) is 0 Å². The number of aliphatic hydroxyl groups excluding tert-OH is 1. The summed E-state index contributed by atoms with van der Waals surface area (Å²) in [6, 6.07) is 9.28. The maximum atomic E-state index is 10.3. The quantitative estimate of drug-likeness (QED) is 0.861. The second kappa shape index (κ2) is 5.62. The van der Waals surface area contributed by atoms with Gasteiger partial charge in [0.2, 0.25) is 0 Å². The molecule has 4 heteroatoms. The predicted octanol–water partition coefficient (Wildman–Crippen LogP) is 1.89. The Kier molecular flexibility index (Phi) is 3.92. The molecule has 2 aromatic rings. The van der Waals surface area contributed by atoms with Crippen LogP contribution in [0.25, 0.3) is 0 Å². The Morgan fingerprint density at radius 3 is 2.94 bits per heavy atom. The third kappa shape index (κ3) is 2.67. The minimum Gasteiger partial charge on any atom is -0.398 e. The Balaban J connectivity index is 2.31. The number of ether oxygens (including phenoxy) is 1. The third-order valence-electron chi connectivity index (χ3n) is 2.76. The number of nitrogens with two attached hydrogens (primary N) is 1. The predicted molar refractivity (Wildman–Crippen MR) is 69.9 cm³/mol. The number of aromatic nitrogens is 1. The van der Waals surface area contributed by atoms with Crippen LogP contribution in [0.15, 0.2) is 42.7 Å². The van der Waals surface area contributed by atoms with Crippen LogP contribution in [-0.2, 0) is 11.3 Å². The second-order valence-corrected chi connectivity index (χ2v) is 4.09. The van der Waals surface area contributed by atoms with E-state index in [9.17, 15) is 5.11 Å². The summed E-state index contributed by atoms with van der Waals surface area (Å²) < 4.78 is 5.07. The van der Waals surface area contributed by atoms with Gasteiger partial charge in [-0.25, -0.2) is 0 Å². The molecule has 0 amide bonds. The smallest absolute Gasteiger partial charge is 0.108 e. The molecule has 0 spiro atoms. The molecule has 1 heterocycles. The van der Waals surface area contributed by atoms with Crippen molar-refractivity contribution in [1.82, 2.24) is 4.98 Å². The molecule has 2 rings (SSSR count). The highest BCUT2D eigenvalue weighted by atomic mass is 16.5. The number of nitrogens with zero attached hydrogens (tertiary/aromatic N) is 1. The normalized spacial score (nSPS) is 12.3. The number of rotatable bonds is 4. The van der Waals surface area contributed by atoms with E-state index in [0.29, 0.717) is 17.9 Å². The second-order valence-electron chi connectivity index (χ2n) is 4.09. The minimum atomic E-state index is -0.768. The molecule has 1 aromatic carbocycles. The fraction of sp³-hybridized carbons (Fsp3) is 0.214. The highest BCUT2D eigenvalue weighted by molar-refractivity contribution is 5.48. The molecule has 0 aliphatic carbocycles. The Morgan fingerprint density at radius 2 is 2.22 bits per heavy atom. The van der Waals surface area contributed by atoms with Crippen LogP contribution in [0.4, 0.5) is 5.69 Å². The minimum absolute atomic E-state index is 0.517. The van der Waals surface area contributed by atoms with Crippen molar-refractivity contribution in [2.45, 2.75) is 12.7 Å². The maximum Gasteiger partial charge on any atom is 0.108 e. The molecule has 94 valence electrons. The number of pyridine rings is 1. The first kappa shape index (κ1) is 12.5. The molecule has 18 heavy (non-hydrogen) atoms. The number of anilines is 1. The van der Waals surface area contributed by atoms with E-state index in [0.717, 1.165) is 11.1 Å². The van der Waals surface area contributed by atoms with Gasteiger partial charge in [0.25, 0.3) is 0 Å². The Morgan fingerprint density at radius 1 is 1.39 bits per heavy atom. The summed E-state index contributed by atoms with van der Waals surface area (Å²) in [5, 5.41) is 10.3. The largest absolute Gasteiger partial charge is 0.398 e. The summed E-state index contributed by atoms with van der Waals surface area (Å²) in [5.41, 5.74) is 8.78. The molecule has 0 saturated heterocycles. The van der Waals surface area contributed by atoms with Gasteiger partial charge >= 0.3 is 0 Å². The van der Waals surface area contributed by atoms with Gasteiger partial charge in [-0.2, -0.15) is 0 Å². The van der Waals surface area contributed by atoms with Crippen LogP contribution in [0.2, 0.25) is 0 Å². The van der Waals surface area contributed by atoms with Gasteiger partial charge in [0.05, 0.1) is 6.61 Å². The van der Waals surface area contributed by atoms with Gasteiger partial charge in [-0.05, 0) is 17.2 Å². The van der Waals surface area contributed by atoms with Gasteiger partial charge in [-0.15, -0.1) is 0 Å². The Labute approximate surface area is 106 Å². The summed E-state index contributed by atoms with van der Waals surface area (Å²) in [6.07, 6.45) is 2.42. The van der Waals surface area contributed by atoms with Crippen LogP contribution in [-0.4, -0.2) is 17.2 Å². The number of hydrogen-bond acceptors (Lipinski definition) is 4. The number of aliphatic hydroxyl groups is 1. The van der Waals surface area contributed by atoms with E-state index in [4.69, 9.17) is 10.5 Å². The van der Waals surface area contributed by atoms with Crippen molar-refractivity contribution in [3.8, 4) is 0 Å². The van der Waals surface area contributed by atoms with Crippen molar-refractivity contribution in [2.24, 2.45) is 0 Å². The number of benzene rings is 1. The maximum absolute atomic E-state index is 10.3. The van der Waals surface area contributed by atoms with Crippen molar-refractivity contribution in [3.63, 3.8) is 0 Å². The SMILES string of the molecule is COCc1cccc(C(O)c2cnccc2N)c1. The van der Waals surface area contributed by atoms with Crippen molar-refractivity contribution >= 4 is 5.69 Å². The molecule has 0 saturated carbocycles. The topological polar surface area (TPSA) is 68.4 Å². The fourth-order valence-corrected chi connectivity index (χ4v) is 1.85. The van der Waals surface area contributed by atoms with E-state index < -0.39 is 6.10 Å². The highest BCUT2D eigenvalue weighted by Gasteiger charge is 2.13. The summed E-state index contributed by atoms with van der Waals surface area (Å²) in [4.78, 5) is 3.99. The van der Waals surface area contributed by atoms with Crippen LogP contribution in [0, 0.1) is 0 Å². The summed E-state index contributed by atoms with van der Waals surface area (Å²) in [5.74, 6) is 0. The van der Waals surface area contributed by atoms with E-state index in [1.54, 1.807) is 25.6 Å². The highest BCUT2D eigenvalue weighted by Crippen LogP contribution is 2.26. The van der Waals surface area contributed by atoms with E-state index in [2.05, 4.69) is 4.98 Å². The third-order valence-corrected chi connectivity index (χ3v) is 2.76. The van der Waals surface area contributed by atoms with Crippen LogP contribution >= 0.6 is 0 Å².